The lowest BCUT2D eigenvalue weighted by atomic mass is 10.1. The van der Waals surface area contributed by atoms with Gasteiger partial charge in [-0.15, -0.1) is 6.42 Å². The minimum absolute atomic E-state index is 0.0193. The van der Waals surface area contributed by atoms with Gasteiger partial charge in [0.25, 0.3) is 0 Å². The Morgan fingerprint density at radius 2 is 2.21 bits per heavy atom. The van der Waals surface area contributed by atoms with Gasteiger partial charge in [0, 0.05) is 6.92 Å². The number of methoxy groups -OCH3 is 1. The number of imidazole rings is 1. The van der Waals surface area contributed by atoms with E-state index in [1.165, 1.54) is 10.8 Å². The fourth-order valence-electron chi connectivity index (χ4n) is 3.18. The van der Waals surface area contributed by atoms with E-state index in [0.717, 1.165) is 18.6 Å². The zero-order chi connectivity index (χ0) is 21.3. The average Bonchev–Trinajstić information content (AvgIpc) is 3.10. The molecule has 1 fully saturated rings. The van der Waals surface area contributed by atoms with Gasteiger partial charge in [-0.25, -0.2) is 18.7 Å². The van der Waals surface area contributed by atoms with Crippen LogP contribution in [0.5, 0.6) is 0 Å². The Morgan fingerprint density at radius 3 is 2.83 bits per heavy atom. The number of fused-ring (bicyclic) bond motifs is 1. The Morgan fingerprint density at radius 1 is 1.48 bits per heavy atom. The van der Waals surface area contributed by atoms with Crippen LogP contribution in [-0.4, -0.2) is 56.5 Å². The largest absolute Gasteiger partial charge is 0.469 e. The lowest BCUT2D eigenvalue weighted by Gasteiger charge is -2.19. The summed E-state index contributed by atoms with van der Waals surface area (Å²) >= 11 is 0. The lowest BCUT2D eigenvalue weighted by Crippen LogP contribution is -2.37. The molecule has 0 saturated carbocycles. The highest BCUT2D eigenvalue weighted by atomic mass is 19.1. The Kier molecular flexibility index (Phi) is 5.51. The van der Waals surface area contributed by atoms with E-state index in [9.17, 15) is 18.8 Å². The predicted molar refractivity (Wildman–Crippen MR) is 96.0 cm³/mol. The maximum Gasteiger partial charge on any atom is 0.333 e. The van der Waals surface area contributed by atoms with E-state index in [1.54, 1.807) is 0 Å². The van der Waals surface area contributed by atoms with Gasteiger partial charge in [-0.05, 0) is 0 Å². The molecular formula is C17H18FN5O6. The topological polar surface area (TPSA) is 141 Å². The third-order valence-corrected chi connectivity index (χ3v) is 4.39. The van der Waals surface area contributed by atoms with Gasteiger partial charge in [-0.2, -0.15) is 4.98 Å². The predicted octanol–water partition coefficient (Wildman–Crippen LogP) is -0.461. The van der Waals surface area contributed by atoms with Crippen molar-refractivity contribution in [2.45, 2.75) is 44.5 Å². The first kappa shape index (κ1) is 20.3. The zero-order valence-electron chi connectivity index (χ0n) is 15.6. The molecule has 2 aromatic rings. The first-order chi connectivity index (χ1) is 13.8. The molecule has 1 saturated heterocycles. The molecule has 12 heteroatoms. The molecule has 0 aromatic carbocycles. The molecule has 3 rings (SSSR count). The fraction of sp³-hybridized carbons (Fsp3) is 0.471. The number of carbonyl (C=O) groups excluding carboxylic acids is 2. The van der Waals surface area contributed by atoms with Crippen LogP contribution in [0.3, 0.4) is 0 Å². The van der Waals surface area contributed by atoms with Crippen LogP contribution in [0.4, 0.5) is 10.3 Å². The average molecular weight is 407 g/mol. The first-order valence-electron chi connectivity index (χ1n) is 8.48. The van der Waals surface area contributed by atoms with Gasteiger partial charge < -0.3 is 19.9 Å². The number of nitrogens with two attached hydrogens (primary N) is 1. The van der Waals surface area contributed by atoms with E-state index in [2.05, 4.69) is 20.6 Å². The molecule has 2 N–H and O–H groups in total. The summed E-state index contributed by atoms with van der Waals surface area (Å²) in [6.45, 7) is 0.965. The van der Waals surface area contributed by atoms with Gasteiger partial charge >= 0.3 is 17.6 Å². The summed E-state index contributed by atoms with van der Waals surface area (Å²) in [5, 5.41) is 0. The Hall–Kier alpha value is -3.46. The molecule has 0 bridgehead atoms. The second-order valence-electron chi connectivity index (χ2n) is 6.24. The van der Waals surface area contributed by atoms with E-state index in [-0.39, 0.29) is 23.7 Å². The summed E-state index contributed by atoms with van der Waals surface area (Å²) < 4.78 is 32.4. The van der Waals surface area contributed by atoms with E-state index >= 15 is 0 Å². The van der Waals surface area contributed by atoms with Crippen LogP contribution in [0, 0.1) is 12.3 Å². The fourth-order valence-corrected chi connectivity index (χ4v) is 3.18. The molecule has 3 heterocycles. The summed E-state index contributed by atoms with van der Waals surface area (Å²) in [5.74, 6) is 0.667. The van der Waals surface area contributed by atoms with Gasteiger partial charge in [0.05, 0.1) is 26.3 Å². The number of nitrogens with zero attached hydrogens (tertiary/aromatic N) is 4. The molecule has 11 nitrogen and oxygen atoms in total. The molecule has 29 heavy (non-hydrogen) atoms. The highest BCUT2D eigenvalue weighted by molar-refractivity contribution is 5.72. The Bertz CT molecular complexity index is 1060. The number of rotatable bonds is 5. The molecule has 0 amide bonds. The molecule has 1 aliphatic heterocycles. The van der Waals surface area contributed by atoms with Crippen molar-refractivity contribution in [3.8, 4) is 12.3 Å². The number of aromatic nitrogens is 4. The van der Waals surface area contributed by atoms with Crippen molar-refractivity contribution in [1.82, 2.24) is 19.1 Å². The van der Waals surface area contributed by atoms with Crippen LogP contribution in [0.15, 0.2) is 11.0 Å². The van der Waals surface area contributed by atoms with Crippen molar-refractivity contribution in [3.63, 3.8) is 0 Å². The van der Waals surface area contributed by atoms with Crippen LogP contribution < -0.4 is 11.4 Å². The van der Waals surface area contributed by atoms with Crippen LogP contribution in [0.25, 0.3) is 11.2 Å². The van der Waals surface area contributed by atoms with E-state index < -0.39 is 48.7 Å². The number of terminal acetylenes is 1. The molecule has 1 aliphatic rings. The van der Waals surface area contributed by atoms with E-state index in [4.69, 9.17) is 21.6 Å². The minimum atomic E-state index is -1.90. The van der Waals surface area contributed by atoms with Crippen molar-refractivity contribution in [2.75, 3.05) is 12.8 Å². The second-order valence-corrected chi connectivity index (χ2v) is 6.24. The van der Waals surface area contributed by atoms with E-state index in [1.807, 2.05) is 0 Å². The summed E-state index contributed by atoms with van der Waals surface area (Å²) in [7, 11) is 1.14. The monoisotopic (exact) mass is 407 g/mol. The number of hydrogen-bond acceptors (Lipinski definition) is 9. The minimum Gasteiger partial charge on any atom is -0.469 e. The van der Waals surface area contributed by atoms with Crippen LogP contribution in [0.1, 0.15) is 19.6 Å². The molecule has 154 valence electrons. The van der Waals surface area contributed by atoms with Crippen molar-refractivity contribution >= 4 is 29.1 Å². The number of ether oxygens (including phenoxy) is 3. The molecule has 0 aliphatic carbocycles. The van der Waals surface area contributed by atoms with Gasteiger partial charge in [0.1, 0.15) is 11.6 Å². The van der Waals surface area contributed by atoms with Crippen LogP contribution >= 0.6 is 0 Å². The number of halogens is 1. The van der Waals surface area contributed by atoms with E-state index in [0.29, 0.717) is 0 Å². The maximum atomic E-state index is 15.0. The number of hydrogen-bond donors (Lipinski definition) is 1. The maximum absolute atomic E-state index is 15.0. The number of esters is 2. The van der Waals surface area contributed by atoms with Crippen molar-refractivity contribution in [2.24, 2.45) is 0 Å². The third-order valence-electron chi connectivity index (χ3n) is 4.39. The molecule has 2 aromatic heterocycles. The molecule has 0 unspecified atom stereocenters. The Balaban J connectivity index is 2.15. The van der Waals surface area contributed by atoms with Gasteiger partial charge in [-0.1, -0.05) is 5.92 Å². The van der Waals surface area contributed by atoms with Crippen molar-refractivity contribution < 1.29 is 28.2 Å². The molecular weight excluding hydrogens is 389 g/mol. The highest BCUT2D eigenvalue weighted by Crippen LogP contribution is 2.36. The lowest BCUT2D eigenvalue weighted by molar-refractivity contribution is -0.154. The quantitative estimate of drug-likeness (QED) is 0.515. The summed E-state index contributed by atoms with van der Waals surface area (Å²) in [4.78, 5) is 44.0. The zero-order valence-corrected chi connectivity index (χ0v) is 15.6. The molecule has 4 atom stereocenters. The number of anilines is 1. The summed E-state index contributed by atoms with van der Waals surface area (Å²) in [6, 6.07) is 0. The van der Waals surface area contributed by atoms with Crippen molar-refractivity contribution in [1.29, 1.82) is 0 Å². The Labute approximate surface area is 163 Å². The molecule has 0 spiro atoms. The van der Waals surface area contributed by atoms with Gasteiger partial charge in [-0.3, -0.25) is 14.2 Å². The van der Waals surface area contributed by atoms with Crippen LogP contribution in [0.2, 0.25) is 0 Å². The number of carbonyl (C=O) groups is 2. The van der Waals surface area contributed by atoms with Gasteiger partial charge in [0.15, 0.2) is 24.2 Å². The SMILES string of the molecule is C#CCn1c(=O)n([C@@H]2O[C@H](CC(=O)OC)[C@@H](F)[C@H]2OC(C)=O)c2nc(N)ncc21. The molecule has 0 radical (unpaired) electrons. The van der Waals surface area contributed by atoms with Crippen LogP contribution in [-0.2, 0) is 30.3 Å². The highest BCUT2D eigenvalue weighted by Gasteiger charge is 2.50. The summed E-state index contributed by atoms with van der Waals surface area (Å²) in [6.07, 6.45) is 0.0364. The third kappa shape index (κ3) is 3.64. The standard InChI is InChI=1S/C17H18FN5O6/c1-4-5-22-9-7-20-16(19)21-14(9)23(17(22)26)15-13(28-8(2)24)12(18)10(29-15)6-11(25)27-3/h1,7,10,12-13,15H,5-6H2,2-3H3,(H2,19,20,21)/t10-,12-,13-,15-/m1/s1. The first-order valence-corrected chi connectivity index (χ1v) is 8.48. The summed E-state index contributed by atoms with van der Waals surface area (Å²) in [5.41, 5.74) is 5.20. The smallest absolute Gasteiger partial charge is 0.333 e. The number of nitrogen functional groups attached to an aromatic ring is 1. The normalized spacial score (nSPS) is 23.7. The van der Waals surface area contributed by atoms with Gasteiger partial charge in [0.2, 0.25) is 5.95 Å². The van der Waals surface area contributed by atoms with Crippen molar-refractivity contribution in [3.05, 3.63) is 16.7 Å². The number of alkyl halides is 1. The second kappa shape index (κ2) is 7.88.